The Morgan fingerprint density at radius 3 is 2.52 bits per heavy atom. The molecule has 0 bridgehead atoms. The largest absolute Gasteiger partial charge is 0.378 e. The lowest BCUT2D eigenvalue weighted by atomic mass is 10.1. The van der Waals surface area contributed by atoms with Crippen molar-refractivity contribution in [2.24, 2.45) is 0 Å². The number of nitrogens with two attached hydrogens (primary N) is 1. The topological polar surface area (TPSA) is 110 Å². The highest BCUT2D eigenvalue weighted by molar-refractivity contribution is 5.95. The number of nitrogen functional groups attached to an aromatic ring is 1. The lowest BCUT2D eigenvalue weighted by molar-refractivity contribution is -0.117. The maximum atomic E-state index is 12.0. The highest BCUT2D eigenvalue weighted by Crippen LogP contribution is 2.28. The van der Waals surface area contributed by atoms with Crippen LogP contribution in [0.2, 0.25) is 0 Å². The first-order chi connectivity index (χ1) is 14.2. The molecule has 4 heterocycles. The third-order valence-electron chi connectivity index (χ3n) is 5.26. The van der Waals surface area contributed by atoms with Crippen LogP contribution >= 0.6 is 0 Å². The minimum atomic E-state index is 0.174. The second-order valence-electron chi connectivity index (χ2n) is 7.13. The Labute approximate surface area is 167 Å². The Hall–Kier alpha value is -3.33. The molecular weight excluding hydrogens is 370 g/mol. The molecule has 3 aromatic rings. The Balaban J connectivity index is 1.52. The molecule has 0 aliphatic carbocycles. The van der Waals surface area contributed by atoms with Gasteiger partial charge in [0, 0.05) is 37.3 Å². The summed E-state index contributed by atoms with van der Waals surface area (Å²) in [4.78, 5) is 33.8. The van der Waals surface area contributed by atoms with E-state index in [0.717, 1.165) is 43.0 Å². The molecule has 1 amide bonds. The molecule has 2 aliphatic heterocycles. The summed E-state index contributed by atoms with van der Waals surface area (Å²) >= 11 is 0. The van der Waals surface area contributed by atoms with Gasteiger partial charge in [-0.15, -0.1) is 0 Å². The standard InChI is InChI=1S/C20H21N7O2/c21-20-24-18-17(19(25-20)26-8-10-29-11-9-26)23-15(12-22-18)13-3-5-14(6-4-13)27-7-1-2-16(27)28/h3-6,12H,1-2,7-11H2,(H2,21,22,24,25). The number of rotatable bonds is 3. The van der Waals surface area contributed by atoms with Crippen LogP contribution in [0.5, 0.6) is 0 Å². The van der Waals surface area contributed by atoms with E-state index >= 15 is 0 Å². The molecule has 2 aromatic heterocycles. The zero-order valence-corrected chi connectivity index (χ0v) is 15.9. The number of nitrogens with zero attached hydrogens (tertiary/aromatic N) is 6. The predicted octanol–water partition coefficient (Wildman–Crippen LogP) is 1.63. The van der Waals surface area contributed by atoms with Crippen molar-refractivity contribution < 1.29 is 9.53 Å². The number of amides is 1. The van der Waals surface area contributed by atoms with E-state index in [1.54, 1.807) is 6.20 Å². The van der Waals surface area contributed by atoms with E-state index in [4.69, 9.17) is 15.5 Å². The number of ether oxygens (including phenoxy) is 1. The lowest BCUT2D eigenvalue weighted by Crippen LogP contribution is -2.37. The first kappa shape index (κ1) is 17.7. The third-order valence-corrected chi connectivity index (χ3v) is 5.26. The maximum absolute atomic E-state index is 12.0. The molecule has 1 aromatic carbocycles. The average Bonchev–Trinajstić information content (AvgIpc) is 3.19. The summed E-state index contributed by atoms with van der Waals surface area (Å²) in [6, 6.07) is 7.83. The van der Waals surface area contributed by atoms with Crippen LogP contribution in [0.3, 0.4) is 0 Å². The number of fused-ring (bicyclic) bond motifs is 1. The van der Waals surface area contributed by atoms with E-state index in [-0.39, 0.29) is 11.9 Å². The zero-order valence-electron chi connectivity index (χ0n) is 15.9. The molecule has 29 heavy (non-hydrogen) atoms. The summed E-state index contributed by atoms with van der Waals surface area (Å²) in [6.45, 7) is 3.48. The molecule has 0 saturated carbocycles. The molecule has 0 unspecified atom stereocenters. The highest BCUT2D eigenvalue weighted by atomic mass is 16.5. The molecule has 2 saturated heterocycles. The van der Waals surface area contributed by atoms with Gasteiger partial charge in [-0.1, -0.05) is 12.1 Å². The van der Waals surface area contributed by atoms with E-state index in [1.807, 2.05) is 29.2 Å². The summed E-state index contributed by atoms with van der Waals surface area (Å²) < 4.78 is 5.44. The van der Waals surface area contributed by atoms with E-state index < -0.39 is 0 Å². The minimum Gasteiger partial charge on any atom is -0.378 e. The van der Waals surface area contributed by atoms with Crippen molar-refractivity contribution in [1.29, 1.82) is 0 Å². The van der Waals surface area contributed by atoms with Gasteiger partial charge in [0.15, 0.2) is 17.0 Å². The second-order valence-corrected chi connectivity index (χ2v) is 7.13. The van der Waals surface area contributed by atoms with Crippen LogP contribution in [0.25, 0.3) is 22.4 Å². The van der Waals surface area contributed by atoms with Gasteiger partial charge in [0.25, 0.3) is 0 Å². The first-order valence-electron chi connectivity index (χ1n) is 9.73. The molecule has 5 rings (SSSR count). The quantitative estimate of drug-likeness (QED) is 0.717. The summed E-state index contributed by atoms with van der Waals surface area (Å²) in [5, 5.41) is 0. The van der Waals surface area contributed by atoms with Crippen molar-refractivity contribution in [2.75, 3.05) is 48.4 Å². The molecule has 2 N–H and O–H groups in total. The van der Waals surface area contributed by atoms with Crippen LogP contribution in [0.4, 0.5) is 17.5 Å². The van der Waals surface area contributed by atoms with Gasteiger partial charge in [-0.25, -0.2) is 9.97 Å². The zero-order chi connectivity index (χ0) is 19.8. The van der Waals surface area contributed by atoms with Crippen molar-refractivity contribution in [3.8, 4) is 11.3 Å². The fourth-order valence-electron chi connectivity index (χ4n) is 3.78. The molecule has 0 atom stereocenters. The van der Waals surface area contributed by atoms with Crippen molar-refractivity contribution in [2.45, 2.75) is 12.8 Å². The Morgan fingerprint density at radius 2 is 1.79 bits per heavy atom. The van der Waals surface area contributed by atoms with Gasteiger partial charge in [-0.2, -0.15) is 9.97 Å². The lowest BCUT2D eigenvalue weighted by Gasteiger charge is -2.28. The number of morpholine rings is 1. The summed E-state index contributed by atoms with van der Waals surface area (Å²) in [5.41, 5.74) is 9.54. The average molecular weight is 391 g/mol. The Morgan fingerprint density at radius 1 is 1.00 bits per heavy atom. The molecule has 9 heteroatoms. The van der Waals surface area contributed by atoms with Crippen LogP contribution in [0.15, 0.2) is 30.5 Å². The Kier molecular flexibility index (Phi) is 4.44. The molecular formula is C20H21N7O2. The first-order valence-corrected chi connectivity index (χ1v) is 9.73. The van der Waals surface area contributed by atoms with Gasteiger partial charge in [0.2, 0.25) is 11.9 Å². The van der Waals surface area contributed by atoms with Crippen LogP contribution in [-0.4, -0.2) is 58.7 Å². The molecule has 0 radical (unpaired) electrons. The number of hydrogen-bond acceptors (Lipinski definition) is 8. The summed E-state index contributed by atoms with van der Waals surface area (Å²) in [7, 11) is 0. The van der Waals surface area contributed by atoms with E-state index in [0.29, 0.717) is 36.6 Å². The van der Waals surface area contributed by atoms with E-state index in [2.05, 4.69) is 19.9 Å². The van der Waals surface area contributed by atoms with Crippen LogP contribution in [0, 0.1) is 0 Å². The SMILES string of the molecule is Nc1nc(N2CCOCC2)c2nc(-c3ccc(N4CCCC4=O)cc3)cnc2n1. The summed E-state index contributed by atoms with van der Waals surface area (Å²) in [5.74, 6) is 1.04. The number of anilines is 3. The highest BCUT2D eigenvalue weighted by Gasteiger charge is 2.22. The monoisotopic (exact) mass is 391 g/mol. The van der Waals surface area contributed by atoms with Gasteiger partial charge in [-0.05, 0) is 18.6 Å². The van der Waals surface area contributed by atoms with Crippen LogP contribution in [0.1, 0.15) is 12.8 Å². The number of benzene rings is 1. The summed E-state index contributed by atoms with van der Waals surface area (Å²) in [6.07, 6.45) is 3.21. The van der Waals surface area contributed by atoms with Gasteiger partial charge < -0.3 is 20.3 Å². The number of hydrogen-bond donors (Lipinski definition) is 1. The molecule has 9 nitrogen and oxygen atoms in total. The second kappa shape index (κ2) is 7.25. The number of carbonyl (C=O) groups excluding carboxylic acids is 1. The van der Waals surface area contributed by atoms with E-state index in [1.165, 1.54) is 0 Å². The van der Waals surface area contributed by atoms with Crippen LogP contribution < -0.4 is 15.5 Å². The Bertz CT molecular complexity index is 1060. The van der Waals surface area contributed by atoms with Gasteiger partial charge in [0.05, 0.1) is 25.1 Å². The maximum Gasteiger partial charge on any atom is 0.227 e. The fraction of sp³-hybridized carbons (Fsp3) is 0.350. The van der Waals surface area contributed by atoms with Crippen molar-refractivity contribution in [1.82, 2.24) is 19.9 Å². The fourth-order valence-corrected chi connectivity index (χ4v) is 3.78. The molecule has 2 aliphatic rings. The number of carbonyl (C=O) groups is 1. The van der Waals surface area contributed by atoms with Crippen molar-refractivity contribution in [3.05, 3.63) is 30.5 Å². The van der Waals surface area contributed by atoms with Gasteiger partial charge >= 0.3 is 0 Å². The minimum absolute atomic E-state index is 0.174. The molecule has 148 valence electrons. The molecule has 2 fully saturated rings. The van der Waals surface area contributed by atoms with Gasteiger partial charge in [-0.3, -0.25) is 4.79 Å². The van der Waals surface area contributed by atoms with E-state index in [9.17, 15) is 4.79 Å². The number of aromatic nitrogens is 4. The smallest absolute Gasteiger partial charge is 0.227 e. The predicted molar refractivity (Wildman–Crippen MR) is 110 cm³/mol. The van der Waals surface area contributed by atoms with Crippen LogP contribution in [-0.2, 0) is 9.53 Å². The molecule has 0 spiro atoms. The van der Waals surface area contributed by atoms with Crippen molar-refractivity contribution >= 4 is 34.5 Å². The van der Waals surface area contributed by atoms with Crippen molar-refractivity contribution in [3.63, 3.8) is 0 Å². The normalized spacial score (nSPS) is 17.3. The third kappa shape index (κ3) is 3.33. The van der Waals surface area contributed by atoms with Gasteiger partial charge in [0.1, 0.15) is 0 Å².